The molecule has 2 fully saturated rings. The van der Waals surface area contributed by atoms with Crippen LogP contribution >= 0.6 is 0 Å². The summed E-state index contributed by atoms with van der Waals surface area (Å²) < 4.78 is 11.2. The lowest BCUT2D eigenvalue weighted by Gasteiger charge is -2.26. The fraction of sp³-hybridized carbons (Fsp3) is 0.458. The van der Waals surface area contributed by atoms with Crippen LogP contribution in [0, 0.1) is 0 Å². The van der Waals surface area contributed by atoms with Gasteiger partial charge in [-0.25, -0.2) is 9.97 Å². The number of aldehydes is 1. The summed E-state index contributed by atoms with van der Waals surface area (Å²) in [6, 6.07) is 10.6. The predicted molar refractivity (Wildman–Crippen MR) is 122 cm³/mol. The number of aromatic amines is 1. The van der Waals surface area contributed by atoms with Gasteiger partial charge < -0.3 is 19.3 Å². The molecule has 2 unspecified atom stereocenters. The van der Waals surface area contributed by atoms with Crippen molar-refractivity contribution in [1.29, 1.82) is 0 Å². The number of hydrogen-bond donors (Lipinski definition) is 1. The van der Waals surface area contributed by atoms with E-state index in [0.717, 1.165) is 80.0 Å². The second-order valence-corrected chi connectivity index (χ2v) is 8.44. The van der Waals surface area contributed by atoms with Crippen molar-refractivity contribution in [1.82, 2.24) is 24.8 Å². The summed E-state index contributed by atoms with van der Waals surface area (Å²) in [6.07, 6.45) is 4.82. The van der Waals surface area contributed by atoms with Crippen molar-refractivity contribution in [2.45, 2.75) is 24.9 Å². The van der Waals surface area contributed by atoms with Gasteiger partial charge in [0.15, 0.2) is 0 Å². The first-order chi connectivity index (χ1) is 15.8. The molecular weight excluding hydrogens is 406 g/mol. The molecule has 0 amide bonds. The molecule has 2 atom stereocenters. The Morgan fingerprint density at radius 2 is 2.16 bits per heavy atom. The normalized spacial score (nSPS) is 22.8. The van der Waals surface area contributed by atoms with E-state index < -0.39 is 0 Å². The Kier molecular flexibility index (Phi) is 6.16. The number of nitrogens with one attached hydrogen (secondary N) is 1. The molecule has 32 heavy (non-hydrogen) atoms. The smallest absolute Gasteiger partial charge is 0.223 e. The number of aromatic nitrogens is 3. The zero-order chi connectivity index (χ0) is 21.9. The van der Waals surface area contributed by atoms with Crippen LogP contribution in [0.2, 0.25) is 0 Å². The van der Waals surface area contributed by atoms with Crippen molar-refractivity contribution in [3.8, 4) is 17.1 Å². The third-order valence-corrected chi connectivity index (χ3v) is 6.62. The number of imidazole rings is 1. The molecule has 8 heteroatoms. The van der Waals surface area contributed by atoms with Crippen LogP contribution in [0.3, 0.4) is 0 Å². The van der Waals surface area contributed by atoms with Gasteiger partial charge in [-0.1, -0.05) is 18.2 Å². The number of hydrogen-bond acceptors (Lipinski definition) is 7. The first kappa shape index (κ1) is 21.1. The first-order valence-corrected chi connectivity index (χ1v) is 11.3. The number of carbonyl (C=O) groups excluding carboxylic acids is 1. The molecule has 0 aliphatic carbocycles. The number of methoxy groups -OCH3 is 1. The van der Waals surface area contributed by atoms with E-state index in [-0.39, 0.29) is 6.04 Å². The third kappa shape index (κ3) is 4.13. The van der Waals surface area contributed by atoms with Crippen molar-refractivity contribution < 1.29 is 14.3 Å². The second-order valence-electron chi connectivity index (χ2n) is 8.44. The molecule has 3 aromatic rings. The molecular formula is C24H29N5O3. The van der Waals surface area contributed by atoms with Crippen LogP contribution in [0.1, 0.15) is 24.7 Å². The van der Waals surface area contributed by atoms with Crippen LogP contribution in [-0.2, 0) is 9.53 Å². The number of H-pyrrole nitrogens is 1. The zero-order valence-electron chi connectivity index (χ0n) is 18.4. The molecule has 1 N–H and O–H groups in total. The molecule has 2 aliphatic rings. The van der Waals surface area contributed by atoms with E-state index in [4.69, 9.17) is 14.5 Å². The molecule has 2 aromatic heterocycles. The standard InChI is InChI=1S/C24H29N5O3/c1-31-24-19(14-17-4-2-3-5-20(17)27-24)21-15-25-23(26-21)22-6-8-28(18-7-13-32-16-18)9-10-29(22)11-12-30/h2-5,12,14-15,18,22H,6-11,13,16H2,1H3,(H,25,26). The number of nitrogens with zero attached hydrogens (tertiary/aromatic N) is 4. The van der Waals surface area contributed by atoms with Crippen molar-refractivity contribution in [3.05, 3.63) is 42.4 Å². The third-order valence-electron chi connectivity index (χ3n) is 6.62. The number of pyridine rings is 1. The fourth-order valence-electron chi connectivity index (χ4n) is 4.88. The van der Waals surface area contributed by atoms with Crippen LogP contribution in [0.15, 0.2) is 36.5 Å². The molecule has 0 spiro atoms. The molecule has 2 saturated heterocycles. The van der Waals surface area contributed by atoms with E-state index >= 15 is 0 Å². The first-order valence-electron chi connectivity index (χ1n) is 11.3. The van der Waals surface area contributed by atoms with Gasteiger partial charge in [0.1, 0.15) is 12.1 Å². The van der Waals surface area contributed by atoms with Crippen molar-refractivity contribution >= 4 is 17.2 Å². The minimum absolute atomic E-state index is 0.0562. The Bertz CT molecular complexity index is 1080. The maximum Gasteiger partial charge on any atom is 0.223 e. The predicted octanol–water partition coefficient (Wildman–Crippen LogP) is 2.67. The number of fused-ring (bicyclic) bond motifs is 1. The van der Waals surface area contributed by atoms with E-state index in [1.54, 1.807) is 7.11 Å². The molecule has 4 heterocycles. The number of carbonyl (C=O) groups is 1. The Morgan fingerprint density at radius 3 is 2.97 bits per heavy atom. The fourth-order valence-corrected chi connectivity index (χ4v) is 4.88. The Hall–Kier alpha value is -2.81. The SMILES string of the molecule is COc1nc2ccccc2cc1-c1cnc(C2CCN(C3CCOC3)CCN2CC=O)[nH]1. The summed E-state index contributed by atoms with van der Waals surface area (Å²) in [7, 11) is 1.64. The van der Waals surface area contributed by atoms with Crippen molar-refractivity contribution in [3.63, 3.8) is 0 Å². The van der Waals surface area contributed by atoms with Gasteiger partial charge in [-0.05, 0) is 25.0 Å². The highest BCUT2D eigenvalue weighted by Crippen LogP contribution is 2.33. The molecule has 168 valence electrons. The summed E-state index contributed by atoms with van der Waals surface area (Å²) in [5, 5.41) is 1.05. The Morgan fingerprint density at radius 1 is 1.25 bits per heavy atom. The minimum atomic E-state index is 0.0562. The van der Waals surface area contributed by atoms with Crippen LogP contribution in [0.4, 0.5) is 0 Å². The molecule has 0 saturated carbocycles. The maximum absolute atomic E-state index is 11.4. The van der Waals surface area contributed by atoms with Crippen LogP contribution in [0.25, 0.3) is 22.2 Å². The van der Waals surface area contributed by atoms with Gasteiger partial charge in [-0.15, -0.1) is 0 Å². The van der Waals surface area contributed by atoms with E-state index in [0.29, 0.717) is 18.5 Å². The number of para-hydroxylation sites is 1. The van der Waals surface area contributed by atoms with Crippen molar-refractivity contribution in [2.24, 2.45) is 0 Å². The van der Waals surface area contributed by atoms with Gasteiger partial charge >= 0.3 is 0 Å². The lowest BCUT2D eigenvalue weighted by Crippen LogP contribution is -2.39. The summed E-state index contributed by atoms with van der Waals surface area (Å²) in [4.78, 5) is 29.0. The largest absolute Gasteiger partial charge is 0.480 e. The Balaban J connectivity index is 1.43. The Labute approximate surface area is 187 Å². The zero-order valence-corrected chi connectivity index (χ0v) is 18.4. The highest BCUT2D eigenvalue weighted by Gasteiger charge is 2.31. The molecule has 1 aromatic carbocycles. The average Bonchev–Trinajstić information content (AvgIpc) is 3.49. The van der Waals surface area contributed by atoms with Crippen LogP contribution in [-0.4, -0.2) is 83.6 Å². The number of rotatable bonds is 6. The highest BCUT2D eigenvalue weighted by atomic mass is 16.5. The molecule has 8 nitrogen and oxygen atoms in total. The summed E-state index contributed by atoms with van der Waals surface area (Å²) in [5.41, 5.74) is 2.64. The molecule has 0 radical (unpaired) electrons. The van der Waals surface area contributed by atoms with Crippen molar-refractivity contribution in [2.75, 3.05) is 46.5 Å². The van der Waals surface area contributed by atoms with Gasteiger partial charge in [-0.3, -0.25) is 9.80 Å². The second kappa shape index (κ2) is 9.36. The average molecular weight is 436 g/mol. The quantitative estimate of drug-likeness (QED) is 0.596. The number of ether oxygens (including phenoxy) is 2. The molecule has 5 rings (SSSR count). The highest BCUT2D eigenvalue weighted by molar-refractivity contribution is 5.85. The number of benzene rings is 1. The lowest BCUT2D eigenvalue weighted by atomic mass is 10.1. The summed E-state index contributed by atoms with van der Waals surface area (Å²) >= 11 is 0. The van der Waals surface area contributed by atoms with Gasteiger partial charge in [-0.2, -0.15) is 0 Å². The van der Waals surface area contributed by atoms with Crippen LogP contribution < -0.4 is 4.74 Å². The monoisotopic (exact) mass is 435 g/mol. The van der Waals surface area contributed by atoms with E-state index in [1.165, 1.54) is 0 Å². The van der Waals surface area contributed by atoms with E-state index in [2.05, 4.69) is 25.8 Å². The van der Waals surface area contributed by atoms with E-state index in [1.807, 2.05) is 30.5 Å². The van der Waals surface area contributed by atoms with Gasteiger partial charge in [0.25, 0.3) is 0 Å². The maximum atomic E-state index is 11.4. The molecule has 2 aliphatic heterocycles. The summed E-state index contributed by atoms with van der Waals surface area (Å²) in [5.74, 6) is 1.44. The van der Waals surface area contributed by atoms with Gasteiger partial charge in [0.2, 0.25) is 5.88 Å². The topological polar surface area (TPSA) is 83.6 Å². The lowest BCUT2D eigenvalue weighted by molar-refractivity contribution is -0.109. The minimum Gasteiger partial charge on any atom is -0.480 e. The van der Waals surface area contributed by atoms with Gasteiger partial charge in [0.05, 0.1) is 49.3 Å². The van der Waals surface area contributed by atoms with E-state index in [9.17, 15) is 4.79 Å². The van der Waals surface area contributed by atoms with Crippen LogP contribution in [0.5, 0.6) is 5.88 Å². The van der Waals surface area contributed by atoms with Gasteiger partial charge in [0, 0.05) is 37.7 Å². The molecule has 0 bridgehead atoms. The summed E-state index contributed by atoms with van der Waals surface area (Å²) in [6.45, 7) is 4.77.